The second kappa shape index (κ2) is 1.82. The second-order valence-electron chi connectivity index (χ2n) is 1.98. The highest BCUT2D eigenvalue weighted by Gasteiger charge is 2.14. The lowest BCUT2D eigenvalue weighted by Crippen LogP contribution is -2.19. The number of hydrogen-bond acceptors (Lipinski definition) is 3. The highest BCUT2D eigenvalue weighted by atomic mass is 16.1. The molecule has 1 radical (unpaired) electrons. The molecule has 6 nitrogen and oxygen atoms in total. The molecule has 2 N–H and O–H groups in total. The summed E-state index contributed by atoms with van der Waals surface area (Å²) >= 11 is 0. The number of nitrogens with one attached hydrogen (secondary N) is 2. The standard InChI is InChI=1S/C5H3N4O2/c10-4-2-3(7-1-6-2)5(11)9-8-4/h1H,(H,8,10)(H,9,11). The van der Waals surface area contributed by atoms with Crippen LogP contribution in [0.25, 0.3) is 0 Å². The van der Waals surface area contributed by atoms with E-state index in [1.165, 1.54) is 6.34 Å². The minimum atomic E-state index is -0.433. The van der Waals surface area contributed by atoms with Crippen molar-refractivity contribution in [1.82, 2.24) is 15.5 Å². The summed E-state index contributed by atoms with van der Waals surface area (Å²) < 4.78 is 0. The summed E-state index contributed by atoms with van der Waals surface area (Å²) in [6, 6.07) is 0. The van der Waals surface area contributed by atoms with Gasteiger partial charge in [0.1, 0.15) is 6.34 Å². The zero-order valence-corrected chi connectivity index (χ0v) is 5.29. The lowest BCUT2D eigenvalue weighted by molar-refractivity contribution is 0.947. The van der Waals surface area contributed by atoms with Crippen LogP contribution < -0.4 is 16.4 Å². The average molecular weight is 151 g/mol. The van der Waals surface area contributed by atoms with Gasteiger partial charge in [0.2, 0.25) is 0 Å². The van der Waals surface area contributed by atoms with E-state index >= 15 is 0 Å². The van der Waals surface area contributed by atoms with Gasteiger partial charge in [0.15, 0.2) is 11.4 Å². The number of nitrogens with zero attached hydrogens (tertiary/aromatic N) is 2. The third-order valence-electron chi connectivity index (χ3n) is 1.32. The van der Waals surface area contributed by atoms with Gasteiger partial charge in [-0.2, -0.15) is 0 Å². The van der Waals surface area contributed by atoms with Crippen LogP contribution in [-0.2, 0) is 0 Å². The van der Waals surface area contributed by atoms with Crippen molar-refractivity contribution in [1.29, 1.82) is 0 Å². The maximum atomic E-state index is 10.9. The van der Waals surface area contributed by atoms with E-state index in [-0.39, 0.29) is 11.4 Å². The topological polar surface area (TPSA) is 92.2 Å². The number of aliphatic imine (C=N–C) groups is 1. The van der Waals surface area contributed by atoms with Gasteiger partial charge in [-0.1, -0.05) is 0 Å². The van der Waals surface area contributed by atoms with E-state index < -0.39 is 11.1 Å². The lowest BCUT2D eigenvalue weighted by atomic mass is 10.4. The van der Waals surface area contributed by atoms with E-state index in [0.29, 0.717) is 0 Å². The first-order valence-electron chi connectivity index (χ1n) is 2.87. The van der Waals surface area contributed by atoms with Crippen LogP contribution in [0.1, 0.15) is 0 Å². The van der Waals surface area contributed by atoms with Crippen LogP contribution in [-0.4, -0.2) is 16.5 Å². The number of fused-ring (bicyclic) bond motifs is 1. The molecule has 0 amide bonds. The molecule has 0 aliphatic carbocycles. The molecule has 2 heterocycles. The number of rotatable bonds is 0. The molecule has 2 rings (SSSR count). The van der Waals surface area contributed by atoms with Crippen LogP contribution in [0.15, 0.2) is 14.6 Å². The van der Waals surface area contributed by atoms with E-state index in [1.54, 1.807) is 0 Å². The lowest BCUT2D eigenvalue weighted by Gasteiger charge is -1.90. The maximum absolute atomic E-state index is 10.9. The monoisotopic (exact) mass is 151 g/mol. The van der Waals surface area contributed by atoms with Gasteiger partial charge < -0.3 is 0 Å². The zero-order chi connectivity index (χ0) is 7.84. The Morgan fingerprint density at radius 3 is 2.36 bits per heavy atom. The summed E-state index contributed by atoms with van der Waals surface area (Å²) in [6.45, 7) is 0. The van der Waals surface area contributed by atoms with Gasteiger partial charge in [-0.25, -0.2) is 10.3 Å². The molecular weight excluding hydrogens is 148 g/mol. The molecule has 55 valence electrons. The van der Waals surface area contributed by atoms with Crippen molar-refractivity contribution in [3.8, 4) is 0 Å². The Morgan fingerprint density at radius 2 is 1.73 bits per heavy atom. The van der Waals surface area contributed by atoms with Crippen molar-refractivity contribution in [3.05, 3.63) is 20.7 Å². The van der Waals surface area contributed by atoms with Crippen LogP contribution in [0.2, 0.25) is 0 Å². The quantitative estimate of drug-likeness (QED) is 0.496. The van der Waals surface area contributed by atoms with E-state index in [4.69, 9.17) is 0 Å². The van der Waals surface area contributed by atoms with E-state index in [2.05, 4.69) is 20.5 Å². The Balaban J connectivity index is 2.92. The molecule has 0 saturated carbocycles. The number of aromatic amines is 2. The van der Waals surface area contributed by atoms with Gasteiger partial charge in [-0.05, 0) is 0 Å². The summed E-state index contributed by atoms with van der Waals surface area (Å²) in [5, 5.41) is 7.87. The Hall–Kier alpha value is -1.85. The minimum Gasteiger partial charge on any atom is -0.266 e. The van der Waals surface area contributed by atoms with Gasteiger partial charge in [-0.15, -0.1) is 0 Å². The number of aromatic nitrogens is 2. The van der Waals surface area contributed by atoms with Gasteiger partial charge in [0.25, 0.3) is 11.1 Å². The Morgan fingerprint density at radius 1 is 1.09 bits per heavy atom. The summed E-state index contributed by atoms with van der Waals surface area (Å²) in [5.74, 6) is 0. The average Bonchev–Trinajstić information content (AvgIpc) is 2.45. The van der Waals surface area contributed by atoms with Gasteiger partial charge >= 0.3 is 0 Å². The molecule has 0 spiro atoms. The van der Waals surface area contributed by atoms with Gasteiger partial charge in [-0.3, -0.25) is 19.8 Å². The van der Waals surface area contributed by atoms with Crippen molar-refractivity contribution < 1.29 is 0 Å². The Kier molecular flexibility index (Phi) is 0.974. The molecular formula is C5H3N4O2. The molecule has 1 aliphatic heterocycles. The second-order valence-corrected chi connectivity index (χ2v) is 1.98. The summed E-state index contributed by atoms with van der Waals surface area (Å²) in [5.41, 5.74) is -0.711. The molecule has 0 aromatic carbocycles. The van der Waals surface area contributed by atoms with Crippen LogP contribution in [0.3, 0.4) is 0 Å². The van der Waals surface area contributed by atoms with Crippen LogP contribution >= 0.6 is 0 Å². The molecule has 0 atom stereocenters. The zero-order valence-electron chi connectivity index (χ0n) is 5.29. The molecule has 1 aromatic heterocycles. The van der Waals surface area contributed by atoms with Gasteiger partial charge in [0.05, 0.1) is 0 Å². The third kappa shape index (κ3) is 0.689. The maximum Gasteiger partial charge on any atom is 0.290 e. The Bertz CT molecular complexity index is 427. The first kappa shape index (κ1) is 5.90. The van der Waals surface area contributed by atoms with Gasteiger partial charge in [0, 0.05) is 0 Å². The first-order valence-corrected chi connectivity index (χ1v) is 2.87. The predicted molar refractivity (Wildman–Crippen MR) is 37.6 cm³/mol. The smallest absolute Gasteiger partial charge is 0.266 e. The molecule has 0 unspecified atom stereocenters. The molecule has 1 aliphatic rings. The summed E-state index contributed by atoms with van der Waals surface area (Å²) in [7, 11) is 0. The van der Waals surface area contributed by atoms with E-state index in [9.17, 15) is 9.59 Å². The molecule has 0 saturated heterocycles. The largest absolute Gasteiger partial charge is 0.290 e. The Labute approximate surface area is 60.0 Å². The molecule has 0 bridgehead atoms. The summed E-state index contributed by atoms with van der Waals surface area (Å²) in [6.07, 6.45) is 1.18. The fraction of sp³-hybridized carbons (Fsp3) is 0. The van der Waals surface area contributed by atoms with Crippen LogP contribution in [0.5, 0.6) is 0 Å². The van der Waals surface area contributed by atoms with Crippen LogP contribution in [0, 0.1) is 0 Å². The highest BCUT2D eigenvalue weighted by molar-refractivity contribution is 5.80. The molecule has 11 heavy (non-hydrogen) atoms. The van der Waals surface area contributed by atoms with Crippen molar-refractivity contribution >= 4 is 17.7 Å². The molecule has 6 heteroatoms. The number of hydrogen-bond donors (Lipinski definition) is 2. The fourth-order valence-corrected chi connectivity index (χ4v) is 0.831. The SMILES string of the molecule is O=c1[nH][nH]c(=O)c2c1[N]C=N2. The normalized spacial score (nSPS) is 12.7. The molecule has 0 fully saturated rings. The van der Waals surface area contributed by atoms with Crippen molar-refractivity contribution in [2.24, 2.45) is 4.99 Å². The van der Waals surface area contributed by atoms with Crippen molar-refractivity contribution in [3.63, 3.8) is 0 Å². The molecule has 1 aromatic rings. The third-order valence-corrected chi connectivity index (χ3v) is 1.32. The van der Waals surface area contributed by atoms with E-state index in [1.807, 2.05) is 0 Å². The minimum absolute atomic E-state index is 0.0775. The fourth-order valence-electron chi connectivity index (χ4n) is 0.831. The van der Waals surface area contributed by atoms with E-state index in [0.717, 1.165) is 0 Å². The predicted octanol–water partition coefficient (Wildman–Crippen LogP) is -1.03. The van der Waals surface area contributed by atoms with Crippen LogP contribution in [0.4, 0.5) is 11.4 Å². The first-order chi connectivity index (χ1) is 5.29. The van der Waals surface area contributed by atoms with Crippen molar-refractivity contribution in [2.45, 2.75) is 0 Å². The van der Waals surface area contributed by atoms with Crippen molar-refractivity contribution in [2.75, 3.05) is 0 Å². The summed E-state index contributed by atoms with van der Waals surface area (Å²) in [4.78, 5) is 25.3. The number of H-pyrrole nitrogens is 2. The highest BCUT2D eigenvalue weighted by Crippen LogP contribution is 2.16.